The van der Waals surface area contributed by atoms with Crippen molar-refractivity contribution in [1.82, 2.24) is 0 Å². The number of hydrogen-bond acceptors (Lipinski definition) is 3. The molecule has 0 aliphatic carbocycles. The third kappa shape index (κ3) is 4.37. The third-order valence-corrected chi connectivity index (χ3v) is 2.59. The van der Waals surface area contributed by atoms with Crippen LogP contribution in [0.1, 0.15) is 18.9 Å². The fourth-order valence-corrected chi connectivity index (χ4v) is 1.53. The zero-order valence-corrected chi connectivity index (χ0v) is 9.73. The van der Waals surface area contributed by atoms with Crippen LogP contribution in [-0.4, -0.2) is 10.9 Å². The lowest BCUT2D eigenvalue weighted by Gasteiger charge is -1.96. The van der Waals surface area contributed by atoms with Crippen LogP contribution in [0.2, 0.25) is 0 Å². The Balaban J connectivity index is 2.56. The maximum Gasteiger partial charge on any atom is 0.185 e. The summed E-state index contributed by atoms with van der Waals surface area (Å²) in [5.41, 5.74) is 6.58. The van der Waals surface area contributed by atoms with Crippen molar-refractivity contribution < 1.29 is 9.18 Å². The number of nitrogens with two attached hydrogens (primary N) is 1. The molecular formula is C12H12FNOS. The summed E-state index contributed by atoms with van der Waals surface area (Å²) >= 11 is 1.23. The van der Waals surface area contributed by atoms with Gasteiger partial charge in [0.1, 0.15) is 5.82 Å². The van der Waals surface area contributed by atoms with Gasteiger partial charge in [0.05, 0.1) is 5.56 Å². The molecule has 0 heterocycles. The molecule has 0 aliphatic rings. The lowest BCUT2D eigenvalue weighted by Crippen LogP contribution is -1.91. The molecule has 84 valence electrons. The minimum atomic E-state index is -0.350. The molecule has 0 bridgehead atoms. The van der Waals surface area contributed by atoms with E-state index in [4.69, 9.17) is 5.73 Å². The number of halogens is 1. The fourth-order valence-electron chi connectivity index (χ4n) is 1.04. The first-order valence-electron chi connectivity index (χ1n) is 4.77. The lowest BCUT2D eigenvalue weighted by molar-refractivity contribution is -0.109. The van der Waals surface area contributed by atoms with Crippen LogP contribution in [0.25, 0.3) is 0 Å². The van der Waals surface area contributed by atoms with Gasteiger partial charge in [-0.3, -0.25) is 4.79 Å². The molecule has 0 spiro atoms. The van der Waals surface area contributed by atoms with Gasteiger partial charge in [-0.2, -0.15) is 0 Å². The highest BCUT2D eigenvalue weighted by Crippen LogP contribution is 2.11. The molecule has 0 unspecified atom stereocenters. The van der Waals surface area contributed by atoms with E-state index < -0.39 is 0 Å². The predicted octanol–water partition coefficient (Wildman–Crippen LogP) is 2.43. The average molecular weight is 237 g/mol. The second-order valence-electron chi connectivity index (χ2n) is 3.12. The number of thioether (sulfide) groups is 1. The smallest absolute Gasteiger partial charge is 0.185 e. The predicted molar refractivity (Wildman–Crippen MR) is 65.4 cm³/mol. The summed E-state index contributed by atoms with van der Waals surface area (Å²) in [5.74, 6) is 5.94. The quantitative estimate of drug-likeness (QED) is 0.488. The maximum absolute atomic E-state index is 12.9. The highest BCUT2D eigenvalue weighted by Gasteiger charge is 1.97. The Morgan fingerprint density at radius 3 is 3.00 bits per heavy atom. The summed E-state index contributed by atoms with van der Waals surface area (Å²) < 4.78 is 12.9. The van der Waals surface area contributed by atoms with E-state index in [1.807, 2.05) is 0 Å². The fraction of sp³-hybridized carbons (Fsp3) is 0.250. The van der Waals surface area contributed by atoms with Gasteiger partial charge in [0.2, 0.25) is 0 Å². The number of anilines is 1. The van der Waals surface area contributed by atoms with Crippen molar-refractivity contribution in [3.05, 3.63) is 29.6 Å². The van der Waals surface area contributed by atoms with Crippen LogP contribution in [-0.2, 0) is 4.79 Å². The highest BCUT2D eigenvalue weighted by atomic mass is 32.2. The van der Waals surface area contributed by atoms with Crippen molar-refractivity contribution in [2.45, 2.75) is 13.3 Å². The molecule has 0 aliphatic heterocycles. The van der Waals surface area contributed by atoms with E-state index in [1.165, 1.54) is 36.9 Å². The molecule has 2 nitrogen and oxygen atoms in total. The third-order valence-electron chi connectivity index (χ3n) is 1.77. The van der Waals surface area contributed by atoms with Gasteiger partial charge < -0.3 is 5.73 Å². The highest BCUT2D eigenvalue weighted by molar-refractivity contribution is 8.13. The van der Waals surface area contributed by atoms with E-state index in [9.17, 15) is 9.18 Å². The second kappa shape index (κ2) is 6.19. The zero-order chi connectivity index (χ0) is 12.0. The molecule has 0 atom stereocenters. The number of carbonyl (C=O) groups excluding carboxylic acids is 1. The van der Waals surface area contributed by atoms with Crippen LogP contribution in [0.15, 0.2) is 18.2 Å². The Labute approximate surface area is 98.4 Å². The zero-order valence-electron chi connectivity index (χ0n) is 8.92. The van der Waals surface area contributed by atoms with E-state index in [1.54, 1.807) is 0 Å². The van der Waals surface area contributed by atoms with Crippen molar-refractivity contribution in [2.75, 3.05) is 11.5 Å². The van der Waals surface area contributed by atoms with Gasteiger partial charge in [-0.15, -0.1) is 0 Å². The topological polar surface area (TPSA) is 43.1 Å². The maximum atomic E-state index is 12.9. The number of rotatable bonds is 2. The van der Waals surface area contributed by atoms with Crippen LogP contribution < -0.4 is 5.73 Å². The van der Waals surface area contributed by atoms with Crippen LogP contribution in [0.4, 0.5) is 10.1 Å². The van der Waals surface area contributed by atoms with E-state index in [2.05, 4.69) is 11.8 Å². The monoisotopic (exact) mass is 237 g/mol. The number of benzene rings is 1. The Morgan fingerprint density at radius 1 is 1.56 bits per heavy atom. The summed E-state index contributed by atoms with van der Waals surface area (Å²) in [6.45, 7) is 1.52. The Morgan fingerprint density at radius 2 is 2.31 bits per heavy atom. The molecule has 16 heavy (non-hydrogen) atoms. The molecule has 4 heteroatoms. The van der Waals surface area contributed by atoms with E-state index in [0.29, 0.717) is 23.4 Å². The van der Waals surface area contributed by atoms with Crippen molar-refractivity contribution in [3.8, 4) is 11.8 Å². The van der Waals surface area contributed by atoms with E-state index in [0.717, 1.165) is 0 Å². The normalized spacial score (nSPS) is 9.38. The molecule has 1 rings (SSSR count). The number of hydrogen-bond donors (Lipinski definition) is 1. The number of nitrogen functional groups attached to an aromatic ring is 1. The molecule has 0 saturated heterocycles. The first-order valence-corrected chi connectivity index (χ1v) is 5.75. The summed E-state index contributed by atoms with van der Waals surface area (Å²) in [5, 5.41) is 0.0760. The SMILES string of the molecule is CC(=O)SCCC#Cc1cc(F)ccc1N. The largest absolute Gasteiger partial charge is 0.398 e. The first kappa shape index (κ1) is 12.6. The molecule has 0 amide bonds. The van der Waals surface area contributed by atoms with Crippen LogP contribution in [0.5, 0.6) is 0 Å². The van der Waals surface area contributed by atoms with Crippen molar-refractivity contribution in [3.63, 3.8) is 0 Å². The molecule has 1 aromatic carbocycles. The summed E-state index contributed by atoms with van der Waals surface area (Å²) in [7, 11) is 0. The van der Waals surface area contributed by atoms with Gasteiger partial charge in [-0.05, 0) is 18.2 Å². The lowest BCUT2D eigenvalue weighted by atomic mass is 10.2. The van der Waals surface area contributed by atoms with Crippen molar-refractivity contribution in [1.29, 1.82) is 0 Å². The minimum Gasteiger partial charge on any atom is -0.398 e. The van der Waals surface area contributed by atoms with Crippen LogP contribution in [0.3, 0.4) is 0 Å². The van der Waals surface area contributed by atoms with Crippen molar-refractivity contribution in [2.24, 2.45) is 0 Å². The van der Waals surface area contributed by atoms with Gasteiger partial charge in [0.15, 0.2) is 5.12 Å². The molecule has 0 saturated carbocycles. The summed E-state index contributed by atoms with van der Waals surface area (Å²) in [4.78, 5) is 10.6. The second-order valence-corrected chi connectivity index (χ2v) is 4.40. The van der Waals surface area contributed by atoms with Crippen molar-refractivity contribution >= 4 is 22.6 Å². The molecular weight excluding hydrogens is 225 g/mol. The van der Waals surface area contributed by atoms with Crippen LogP contribution >= 0.6 is 11.8 Å². The molecule has 0 fully saturated rings. The summed E-state index contributed by atoms with van der Waals surface area (Å²) in [6.07, 6.45) is 0.584. The van der Waals surface area contributed by atoms with Gasteiger partial charge in [0, 0.05) is 24.8 Å². The molecule has 1 aromatic rings. The standard InChI is InChI=1S/C12H12FNOS/c1-9(15)16-7-3-2-4-10-8-11(13)5-6-12(10)14/h5-6,8H,3,7,14H2,1H3. The molecule has 0 aromatic heterocycles. The Bertz CT molecular complexity index is 448. The molecule has 0 radical (unpaired) electrons. The van der Waals surface area contributed by atoms with E-state index in [-0.39, 0.29) is 10.9 Å². The summed E-state index contributed by atoms with van der Waals surface area (Å²) in [6, 6.07) is 4.09. The van der Waals surface area contributed by atoms with Gasteiger partial charge in [0.25, 0.3) is 0 Å². The van der Waals surface area contributed by atoms with Gasteiger partial charge in [-0.1, -0.05) is 23.6 Å². The average Bonchev–Trinajstić information content (AvgIpc) is 2.22. The van der Waals surface area contributed by atoms with E-state index >= 15 is 0 Å². The Kier molecular flexibility index (Phi) is 4.87. The van der Waals surface area contributed by atoms with Gasteiger partial charge >= 0.3 is 0 Å². The minimum absolute atomic E-state index is 0.0760. The Hall–Kier alpha value is -1.47. The molecule has 2 N–H and O–H groups in total. The van der Waals surface area contributed by atoms with Crippen LogP contribution in [0, 0.1) is 17.7 Å². The first-order chi connectivity index (χ1) is 7.59. The van der Waals surface area contributed by atoms with Gasteiger partial charge in [-0.25, -0.2) is 4.39 Å². The number of carbonyl (C=O) groups is 1.